The van der Waals surface area contributed by atoms with E-state index in [1.165, 1.54) is 18.4 Å². The molecule has 1 saturated heterocycles. The molecule has 1 unspecified atom stereocenters. The molecule has 0 saturated carbocycles. The molecule has 1 heterocycles. The van der Waals surface area contributed by atoms with Crippen molar-refractivity contribution >= 4 is 18.3 Å². The van der Waals surface area contributed by atoms with E-state index in [1.54, 1.807) is 7.11 Å². The Kier molecular flexibility index (Phi) is 8.16. The Morgan fingerprint density at radius 1 is 1.48 bits per heavy atom. The first-order valence-corrected chi connectivity index (χ1v) is 7.41. The lowest BCUT2D eigenvalue weighted by Gasteiger charge is -2.10. The zero-order chi connectivity index (χ0) is 14.2. The van der Waals surface area contributed by atoms with Crippen LogP contribution in [0.5, 0.6) is 5.75 Å². The maximum atomic E-state index is 11.7. The molecule has 1 fully saturated rings. The molecule has 1 aromatic rings. The maximum Gasteiger partial charge on any atom is 0.220 e. The van der Waals surface area contributed by atoms with Gasteiger partial charge in [0, 0.05) is 19.0 Å². The third kappa shape index (κ3) is 6.36. The fraction of sp³-hybridized carbons (Fsp3) is 0.562. The summed E-state index contributed by atoms with van der Waals surface area (Å²) in [5, 5.41) is 6.40. The second-order valence-corrected chi connectivity index (χ2v) is 5.28. The molecule has 0 aromatic heterocycles. The van der Waals surface area contributed by atoms with Crippen LogP contribution in [0.4, 0.5) is 0 Å². The maximum absolute atomic E-state index is 11.7. The number of hydrogen-bond acceptors (Lipinski definition) is 3. The summed E-state index contributed by atoms with van der Waals surface area (Å²) in [6, 6.07) is 8.50. The van der Waals surface area contributed by atoms with Crippen molar-refractivity contribution in [3.05, 3.63) is 29.8 Å². The van der Waals surface area contributed by atoms with Crippen molar-refractivity contribution in [2.24, 2.45) is 0 Å². The van der Waals surface area contributed by atoms with E-state index in [2.05, 4.69) is 16.7 Å². The number of hydrogen-bond donors (Lipinski definition) is 2. The van der Waals surface area contributed by atoms with E-state index >= 15 is 0 Å². The molecule has 0 bridgehead atoms. The first-order valence-electron chi connectivity index (χ1n) is 7.41. The number of amides is 1. The van der Waals surface area contributed by atoms with Crippen molar-refractivity contribution in [1.82, 2.24) is 10.6 Å². The largest absolute Gasteiger partial charge is 0.497 e. The fourth-order valence-electron chi connectivity index (χ4n) is 2.57. The number of benzene rings is 1. The second kappa shape index (κ2) is 9.64. The van der Waals surface area contributed by atoms with Gasteiger partial charge in [0.15, 0.2) is 0 Å². The number of rotatable bonds is 7. The van der Waals surface area contributed by atoms with Crippen molar-refractivity contribution in [3.63, 3.8) is 0 Å². The smallest absolute Gasteiger partial charge is 0.220 e. The van der Waals surface area contributed by atoms with Gasteiger partial charge in [-0.15, -0.1) is 12.4 Å². The minimum atomic E-state index is 0. The van der Waals surface area contributed by atoms with Crippen LogP contribution in [0.1, 0.15) is 31.2 Å². The van der Waals surface area contributed by atoms with Crippen molar-refractivity contribution in [2.45, 2.75) is 38.1 Å². The first kappa shape index (κ1) is 17.8. The standard InChI is InChI=1S/C16H24N2O2.ClH/c1-20-15-6-2-4-13(12-15)9-11-18-16(19)8-7-14-5-3-10-17-14;/h2,4,6,12,14,17H,3,5,7-11H2,1H3,(H,18,19);1H. The van der Waals surface area contributed by atoms with E-state index in [0.29, 0.717) is 19.0 Å². The van der Waals surface area contributed by atoms with Crippen molar-refractivity contribution in [3.8, 4) is 5.75 Å². The number of halogens is 1. The molecule has 2 rings (SSSR count). The topological polar surface area (TPSA) is 50.4 Å². The molecule has 1 amide bonds. The van der Waals surface area contributed by atoms with Gasteiger partial charge in [-0.25, -0.2) is 0 Å². The summed E-state index contributed by atoms with van der Waals surface area (Å²) in [6.45, 7) is 1.78. The number of ether oxygens (including phenoxy) is 1. The lowest BCUT2D eigenvalue weighted by Crippen LogP contribution is -2.28. The Balaban J connectivity index is 0.00000220. The Hall–Kier alpha value is -1.26. The minimum Gasteiger partial charge on any atom is -0.497 e. The average Bonchev–Trinajstić information content (AvgIpc) is 2.99. The molecule has 118 valence electrons. The van der Waals surface area contributed by atoms with Crippen LogP contribution in [0.15, 0.2) is 24.3 Å². The molecule has 1 aromatic carbocycles. The van der Waals surface area contributed by atoms with Crippen LogP contribution in [0.3, 0.4) is 0 Å². The highest BCUT2D eigenvalue weighted by atomic mass is 35.5. The highest BCUT2D eigenvalue weighted by Crippen LogP contribution is 2.13. The predicted molar refractivity (Wildman–Crippen MR) is 87.2 cm³/mol. The Bertz CT molecular complexity index is 434. The molecule has 1 atom stereocenters. The molecule has 4 nitrogen and oxygen atoms in total. The molecule has 1 aliphatic heterocycles. The number of carbonyl (C=O) groups excluding carboxylic acids is 1. The van der Waals surface area contributed by atoms with Crippen LogP contribution in [-0.2, 0) is 11.2 Å². The lowest BCUT2D eigenvalue weighted by molar-refractivity contribution is -0.121. The van der Waals surface area contributed by atoms with Crippen molar-refractivity contribution in [2.75, 3.05) is 20.2 Å². The van der Waals surface area contributed by atoms with E-state index in [1.807, 2.05) is 18.2 Å². The van der Waals surface area contributed by atoms with Gasteiger partial charge in [-0.2, -0.15) is 0 Å². The van der Waals surface area contributed by atoms with E-state index in [4.69, 9.17) is 4.74 Å². The lowest BCUT2D eigenvalue weighted by atomic mass is 10.1. The van der Waals surface area contributed by atoms with Crippen molar-refractivity contribution in [1.29, 1.82) is 0 Å². The van der Waals surface area contributed by atoms with Gasteiger partial charge in [0.2, 0.25) is 5.91 Å². The van der Waals surface area contributed by atoms with Gasteiger partial charge in [-0.05, 0) is 49.9 Å². The van der Waals surface area contributed by atoms with Crippen molar-refractivity contribution < 1.29 is 9.53 Å². The van der Waals surface area contributed by atoms with E-state index < -0.39 is 0 Å². The predicted octanol–water partition coefficient (Wildman–Crippen LogP) is 2.31. The normalized spacial score (nSPS) is 17.1. The summed E-state index contributed by atoms with van der Waals surface area (Å²) in [5.74, 6) is 1.02. The fourth-order valence-corrected chi connectivity index (χ4v) is 2.57. The molecule has 1 aliphatic rings. The summed E-state index contributed by atoms with van der Waals surface area (Å²) in [7, 11) is 1.66. The van der Waals surface area contributed by atoms with E-state index in [0.717, 1.165) is 25.1 Å². The van der Waals surface area contributed by atoms with Gasteiger partial charge < -0.3 is 15.4 Å². The van der Waals surface area contributed by atoms with Gasteiger partial charge in [0.05, 0.1) is 7.11 Å². The van der Waals surface area contributed by atoms with Gasteiger partial charge >= 0.3 is 0 Å². The van der Waals surface area contributed by atoms with Crippen LogP contribution >= 0.6 is 12.4 Å². The molecule has 5 heteroatoms. The summed E-state index contributed by atoms with van der Waals surface area (Å²) in [6.07, 6.45) is 4.85. The second-order valence-electron chi connectivity index (χ2n) is 5.28. The third-order valence-corrected chi connectivity index (χ3v) is 3.75. The highest BCUT2D eigenvalue weighted by Gasteiger charge is 2.14. The van der Waals surface area contributed by atoms with Crippen LogP contribution in [0.2, 0.25) is 0 Å². The summed E-state index contributed by atoms with van der Waals surface area (Å²) in [4.78, 5) is 11.7. The number of methoxy groups -OCH3 is 1. The number of carbonyl (C=O) groups is 1. The first-order chi connectivity index (χ1) is 9.78. The molecule has 0 spiro atoms. The van der Waals surface area contributed by atoms with Crippen LogP contribution in [0.25, 0.3) is 0 Å². The molecule has 0 radical (unpaired) electrons. The van der Waals surface area contributed by atoms with Gasteiger partial charge in [-0.1, -0.05) is 12.1 Å². The Morgan fingerprint density at radius 3 is 3.05 bits per heavy atom. The van der Waals surface area contributed by atoms with Crippen LogP contribution < -0.4 is 15.4 Å². The minimum absolute atomic E-state index is 0. The monoisotopic (exact) mass is 312 g/mol. The highest BCUT2D eigenvalue weighted by molar-refractivity contribution is 5.85. The zero-order valence-corrected chi connectivity index (χ0v) is 13.4. The van der Waals surface area contributed by atoms with E-state index in [9.17, 15) is 4.79 Å². The summed E-state index contributed by atoms with van der Waals surface area (Å²) >= 11 is 0. The van der Waals surface area contributed by atoms with Gasteiger partial charge in [-0.3, -0.25) is 4.79 Å². The van der Waals surface area contributed by atoms with Crippen LogP contribution in [0, 0.1) is 0 Å². The summed E-state index contributed by atoms with van der Waals surface area (Å²) < 4.78 is 5.18. The zero-order valence-electron chi connectivity index (χ0n) is 12.6. The third-order valence-electron chi connectivity index (χ3n) is 3.75. The number of nitrogens with one attached hydrogen (secondary N) is 2. The molecule has 0 aliphatic carbocycles. The Morgan fingerprint density at radius 2 is 2.33 bits per heavy atom. The quantitative estimate of drug-likeness (QED) is 0.812. The van der Waals surface area contributed by atoms with Gasteiger partial charge in [0.1, 0.15) is 5.75 Å². The molecule has 2 N–H and O–H groups in total. The van der Waals surface area contributed by atoms with Gasteiger partial charge in [0.25, 0.3) is 0 Å². The van der Waals surface area contributed by atoms with Crippen LogP contribution in [-0.4, -0.2) is 32.1 Å². The average molecular weight is 313 g/mol. The molecular formula is C16H25ClN2O2. The SMILES string of the molecule is COc1cccc(CCNC(=O)CCC2CCCN2)c1.Cl. The molecule has 21 heavy (non-hydrogen) atoms. The van der Waals surface area contributed by atoms with E-state index in [-0.39, 0.29) is 18.3 Å². The molecular weight excluding hydrogens is 288 g/mol. The summed E-state index contributed by atoms with van der Waals surface area (Å²) in [5.41, 5.74) is 1.18. The Labute approximate surface area is 133 Å².